The smallest absolute Gasteiger partial charge is 0.193 e. The number of guanidine groups is 1. The molecule has 2 aliphatic heterocycles. The minimum atomic E-state index is 0. The van der Waals surface area contributed by atoms with Crippen molar-refractivity contribution in [1.82, 2.24) is 15.1 Å². The van der Waals surface area contributed by atoms with Crippen LogP contribution in [0.25, 0.3) is 0 Å². The van der Waals surface area contributed by atoms with Gasteiger partial charge in [0, 0.05) is 39.3 Å². The SMILES string of the molecule is CCCCNC(=NC)N1CCC2C(CCCN2Cc2ccccc2)C1.I. The summed E-state index contributed by atoms with van der Waals surface area (Å²) in [4.78, 5) is 9.74. The molecule has 0 aromatic heterocycles. The summed E-state index contributed by atoms with van der Waals surface area (Å²) in [6.45, 7) is 7.90. The highest BCUT2D eigenvalue weighted by Gasteiger charge is 2.36. The van der Waals surface area contributed by atoms with Crippen LogP contribution in [0.3, 0.4) is 0 Å². The molecule has 3 rings (SSSR count). The van der Waals surface area contributed by atoms with Gasteiger partial charge in [0.15, 0.2) is 5.96 Å². The third-order valence-electron chi connectivity index (χ3n) is 5.74. The number of aliphatic imine (C=N–C) groups is 1. The lowest BCUT2D eigenvalue weighted by atomic mass is 9.83. The highest BCUT2D eigenvalue weighted by Crippen LogP contribution is 2.31. The summed E-state index contributed by atoms with van der Waals surface area (Å²) in [5.41, 5.74) is 1.45. The Balaban J connectivity index is 0.00000243. The lowest BCUT2D eigenvalue weighted by molar-refractivity contribution is 0.0372. The molecule has 2 fully saturated rings. The molecule has 1 aromatic rings. The van der Waals surface area contributed by atoms with Crippen molar-refractivity contribution in [2.24, 2.45) is 10.9 Å². The fourth-order valence-electron chi connectivity index (χ4n) is 4.42. The Morgan fingerprint density at radius 1 is 1.19 bits per heavy atom. The molecule has 2 saturated heterocycles. The molecule has 0 aliphatic carbocycles. The van der Waals surface area contributed by atoms with E-state index < -0.39 is 0 Å². The second-order valence-electron chi connectivity index (χ2n) is 7.49. The van der Waals surface area contributed by atoms with Gasteiger partial charge in [-0.25, -0.2) is 0 Å². The van der Waals surface area contributed by atoms with Crippen molar-refractivity contribution < 1.29 is 0 Å². The summed E-state index contributed by atoms with van der Waals surface area (Å²) >= 11 is 0. The second kappa shape index (κ2) is 11.1. The van der Waals surface area contributed by atoms with E-state index in [0.717, 1.165) is 44.1 Å². The normalized spacial score (nSPS) is 23.9. The van der Waals surface area contributed by atoms with E-state index in [1.165, 1.54) is 44.2 Å². The summed E-state index contributed by atoms with van der Waals surface area (Å²) in [6, 6.07) is 11.7. The van der Waals surface area contributed by atoms with Gasteiger partial charge in [0.05, 0.1) is 0 Å². The van der Waals surface area contributed by atoms with Crippen LogP contribution in [0.4, 0.5) is 0 Å². The highest BCUT2D eigenvalue weighted by molar-refractivity contribution is 14.0. The van der Waals surface area contributed by atoms with E-state index in [1.54, 1.807) is 0 Å². The van der Waals surface area contributed by atoms with E-state index in [2.05, 4.69) is 57.4 Å². The molecule has 146 valence electrons. The maximum Gasteiger partial charge on any atom is 0.193 e. The van der Waals surface area contributed by atoms with Crippen molar-refractivity contribution in [3.63, 3.8) is 0 Å². The minimum absolute atomic E-state index is 0. The topological polar surface area (TPSA) is 30.9 Å². The Labute approximate surface area is 176 Å². The number of benzene rings is 1. The van der Waals surface area contributed by atoms with Gasteiger partial charge in [-0.15, -0.1) is 24.0 Å². The van der Waals surface area contributed by atoms with Crippen LogP contribution < -0.4 is 5.32 Å². The van der Waals surface area contributed by atoms with Crippen LogP contribution in [0, 0.1) is 5.92 Å². The van der Waals surface area contributed by atoms with Crippen LogP contribution in [0.2, 0.25) is 0 Å². The summed E-state index contributed by atoms with van der Waals surface area (Å²) < 4.78 is 0. The zero-order valence-electron chi connectivity index (χ0n) is 16.4. The van der Waals surface area contributed by atoms with Gasteiger partial charge in [-0.05, 0) is 43.7 Å². The zero-order valence-corrected chi connectivity index (χ0v) is 18.7. The number of hydrogen-bond acceptors (Lipinski definition) is 2. The van der Waals surface area contributed by atoms with Crippen molar-refractivity contribution >= 4 is 29.9 Å². The quantitative estimate of drug-likeness (QED) is 0.306. The molecule has 0 spiro atoms. The van der Waals surface area contributed by atoms with Gasteiger partial charge in [0.1, 0.15) is 0 Å². The van der Waals surface area contributed by atoms with Crippen LogP contribution in [0.15, 0.2) is 35.3 Å². The minimum Gasteiger partial charge on any atom is -0.356 e. The van der Waals surface area contributed by atoms with E-state index in [-0.39, 0.29) is 24.0 Å². The Morgan fingerprint density at radius 2 is 2.00 bits per heavy atom. The first-order chi connectivity index (χ1) is 12.3. The molecule has 2 atom stereocenters. The third kappa shape index (κ3) is 5.59. The first-order valence-electron chi connectivity index (χ1n) is 10.1. The Hall–Kier alpha value is -0.820. The van der Waals surface area contributed by atoms with Crippen molar-refractivity contribution in [1.29, 1.82) is 0 Å². The number of nitrogens with one attached hydrogen (secondary N) is 1. The number of fused-ring (bicyclic) bond motifs is 1. The van der Waals surface area contributed by atoms with Gasteiger partial charge in [-0.2, -0.15) is 0 Å². The molecular formula is C21H35IN4. The number of likely N-dealkylation sites (tertiary alicyclic amines) is 2. The predicted molar refractivity (Wildman–Crippen MR) is 121 cm³/mol. The maximum absolute atomic E-state index is 4.53. The van der Waals surface area contributed by atoms with Gasteiger partial charge in [-0.3, -0.25) is 9.89 Å². The van der Waals surface area contributed by atoms with Crippen molar-refractivity contribution in [3.05, 3.63) is 35.9 Å². The Kier molecular flexibility index (Phi) is 9.19. The molecule has 0 amide bonds. The number of hydrogen-bond donors (Lipinski definition) is 1. The summed E-state index contributed by atoms with van der Waals surface area (Å²) in [5.74, 6) is 1.88. The molecular weight excluding hydrogens is 435 g/mol. The molecule has 4 nitrogen and oxygen atoms in total. The highest BCUT2D eigenvalue weighted by atomic mass is 127. The number of rotatable bonds is 5. The van der Waals surface area contributed by atoms with Crippen LogP contribution in [0.1, 0.15) is 44.6 Å². The summed E-state index contributed by atoms with van der Waals surface area (Å²) in [7, 11) is 1.92. The van der Waals surface area contributed by atoms with Gasteiger partial charge in [-0.1, -0.05) is 43.7 Å². The van der Waals surface area contributed by atoms with E-state index in [1.807, 2.05) is 7.05 Å². The van der Waals surface area contributed by atoms with E-state index in [9.17, 15) is 0 Å². The molecule has 0 radical (unpaired) electrons. The van der Waals surface area contributed by atoms with Crippen LogP contribution >= 0.6 is 24.0 Å². The summed E-state index contributed by atoms with van der Waals surface area (Å²) in [6.07, 6.45) is 6.38. The fourth-order valence-corrected chi connectivity index (χ4v) is 4.42. The van der Waals surface area contributed by atoms with Crippen molar-refractivity contribution in [3.8, 4) is 0 Å². The molecule has 1 aromatic carbocycles. The standard InChI is InChI=1S/C21H34N4.HI/c1-3-4-13-23-21(22-2)25-15-12-20-19(17-25)11-8-14-24(20)16-18-9-6-5-7-10-18;/h5-7,9-10,19-20H,3-4,8,11-17H2,1-2H3,(H,22,23);1H. The van der Waals surface area contributed by atoms with Crippen molar-refractivity contribution in [2.75, 3.05) is 33.2 Å². The predicted octanol–water partition coefficient (Wildman–Crippen LogP) is 3.97. The number of piperidine rings is 2. The molecule has 1 N–H and O–H groups in total. The molecule has 0 bridgehead atoms. The first kappa shape index (κ1) is 21.5. The molecule has 0 saturated carbocycles. The lowest BCUT2D eigenvalue weighted by Gasteiger charge is -2.48. The van der Waals surface area contributed by atoms with Crippen LogP contribution in [-0.4, -0.2) is 55.0 Å². The fraction of sp³-hybridized carbons (Fsp3) is 0.667. The molecule has 26 heavy (non-hydrogen) atoms. The van der Waals surface area contributed by atoms with Crippen LogP contribution in [-0.2, 0) is 6.54 Å². The Morgan fingerprint density at radius 3 is 2.73 bits per heavy atom. The lowest BCUT2D eigenvalue weighted by Crippen LogP contribution is -2.56. The summed E-state index contributed by atoms with van der Waals surface area (Å²) in [5, 5.41) is 3.55. The van der Waals surface area contributed by atoms with E-state index in [4.69, 9.17) is 0 Å². The first-order valence-corrected chi connectivity index (χ1v) is 10.1. The van der Waals surface area contributed by atoms with Gasteiger partial charge >= 0.3 is 0 Å². The monoisotopic (exact) mass is 470 g/mol. The van der Waals surface area contributed by atoms with Gasteiger partial charge in [0.25, 0.3) is 0 Å². The molecule has 5 heteroatoms. The number of nitrogens with zero attached hydrogens (tertiary/aromatic N) is 3. The molecule has 2 aliphatic rings. The van der Waals surface area contributed by atoms with Gasteiger partial charge < -0.3 is 10.2 Å². The van der Waals surface area contributed by atoms with Gasteiger partial charge in [0.2, 0.25) is 0 Å². The molecule has 2 heterocycles. The third-order valence-corrected chi connectivity index (χ3v) is 5.74. The largest absolute Gasteiger partial charge is 0.356 e. The number of halogens is 1. The number of unbranched alkanes of at least 4 members (excludes halogenated alkanes) is 1. The molecule has 2 unspecified atom stereocenters. The maximum atomic E-state index is 4.53. The Bertz CT molecular complexity index is 548. The van der Waals surface area contributed by atoms with E-state index in [0.29, 0.717) is 0 Å². The van der Waals surface area contributed by atoms with E-state index >= 15 is 0 Å². The van der Waals surface area contributed by atoms with Crippen molar-refractivity contribution in [2.45, 2.75) is 51.6 Å². The zero-order chi connectivity index (χ0) is 17.5. The average Bonchev–Trinajstić information content (AvgIpc) is 2.66. The van der Waals surface area contributed by atoms with Crippen LogP contribution in [0.5, 0.6) is 0 Å². The second-order valence-corrected chi connectivity index (χ2v) is 7.49. The average molecular weight is 470 g/mol.